The first-order chi connectivity index (χ1) is 11.9. The fraction of sp³-hybridized carbons (Fsp3) is 0.111. The molecule has 0 bridgehead atoms. The molecule has 0 radical (unpaired) electrons. The van der Waals surface area contributed by atoms with Gasteiger partial charge in [0.15, 0.2) is 6.10 Å². The summed E-state index contributed by atoms with van der Waals surface area (Å²) in [6.07, 6.45) is -1.11. The van der Waals surface area contributed by atoms with Gasteiger partial charge in [0.2, 0.25) is 0 Å². The highest BCUT2D eigenvalue weighted by atomic mass is 19.1. The fourth-order valence-corrected chi connectivity index (χ4v) is 2.43. The Morgan fingerprint density at radius 1 is 1.16 bits per heavy atom. The first-order valence-electron chi connectivity index (χ1n) is 7.28. The van der Waals surface area contributed by atoms with Gasteiger partial charge >= 0.3 is 11.6 Å². The van der Waals surface area contributed by atoms with E-state index in [0.29, 0.717) is 5.39 Å². The van der Waals surface area contributed by atoms with Crippen molar-refractivity contribution in [2.75, 3.05) is 0 Å². The lowest BCUT2D eigenvalue weighted by Gasteiger charge is -2.12. The Labute approximate surface area is 140 Å². The van der Waals surface area contributed by atoms with Crippen molar-refractivity contribution in [3.8, 4) is 16.9 Å². The van der Waals surface area contributed by atoms with Gasteiger partial charge in [0.25, 0.3) is 0 Å². The van der Waals surface area contributed by atoms with Gasteiger partial charge in [-0.2, -0.15) is 0 Å². The molecule has 1 aromatic heterocycles. The number of fused-ring (bicyclic) bond motifs is 1. The summed E-state index contributed by atoms with van der Waals surface area (Å²) >= 11 is 0. The standard InChI is InChI=1S/C18H12F2O5/c1-9(18(22)23)24-10-5-6-11-12(8-16(21)25-15(11)7-10)17-13(19)3-2-4-14(17)20/h2-9H,1H3,(H,22,23). The minimum Gasteiger partial charge on any atom is -0.479 e. The lowest BCUT2D eigenvalue weighted by Crippen LogP contribution is -2.22. The Hall–Kier alpha value is -3.22. The summed E-state index contributed by atoms with van der Waals surface area (Å²) in [4.78, 5) is 22.6. The van der Waals surface area contributed by atoms with Gasteiger partial charge in [0.05, 0.1) is 5.56 Å². The third-order valence-corrected chi connectivity index (χ3v) is 3.61. The lowest BCUT2D eigenvalue weighted by atomic mass is 10.0. The van der Waals surface area contributed by atoms with Crippen molar-refractivity contribution in [2.45, 2.75) is 13.0 Å². The second kappa shape index (κ2) is 6.35. The number of aliphatic carboxylic acids is 1. The SMILES string of the molecule is CC(Oc1ccc2c(-c3c(F)cccc3F)cc(=O)oc2c1)C(=O)O. The van der Waals surface area contributed by atoms with E-state index in [0.717, 1.165) is 18.2 Å². The van der Waals surface area contributed by atoms with Gasteiger partial charge in [-0.05, 0) is 31.2 Å². The van der Waals surface area contributed by atoms with E-state index in [1.54, 1.807) is 0 Å². The van der Waals surface area contributed by atoms with E-state index in [-0.39, 0.29) is 22.5 Å². The molecule has 0 saturated carbocycles. The monoisotopic (exact) mass is 346 g/mol. The van der Waals surface area contributed by atoms with Crippen LogP contribution in [0.5, 0.6) is 5.75 Å². The topological polar surface area (TPSA) is 76.7 Å². The Morgan fingerprint density at radius 3 is 2.48 bits per heavy atom. The molecule has 0 amide bonds. The van der Waals surface area contributed by atoms with Crippen molar-refractivity contribution in [3.05, 3.63) is 64.5 Å². The number of carbonyl (C=O) groups is 1. The minimum absolute atomic E-state index is 0.0280. The van der Waals surface area contributed by atoms with E-state index >= 15 is 0 Å². The Morgan fingerprint density at radius 2 is 1.84 bits per heavy atom. The molecule has 3 aromatic rings. The van der Waals surface area contributed by atoms with E-state index < -0.39 is 29.3 Å². The maximum absolute atomic E-state index is 14.1. The highest BCUT2D eigenvalue weighted by Gasteiger charge is 2.17. The van der Waals surface area contributed by atoms with Gasteiger partial charge < -0.3 is 14.3 Å². The second-order valence-electron chi connectivity index (χ2n) is 5.33. The second-order valence-corrected chi connectivity index (χ2v) is 5.33. The highest BCUT2D eigenvalue weighted by Crippen LogP contribution is 2.33. The van der Waals surface area contributed by atoms with Crippen molar-refractivity contribution in [1.29, 1.82) is 0 Å². The van der Waals surface area contributed by atoms with Crippen LogP contribution in [-0.4, -0.2) is 17.2 Å². The van der Waals surface area contributed by atoms with Crippen molar-refractivity contribution in [2.24, 2.45) is 0 Å². The normalized spacial score (nSPS) is 12.1. The summed E-state index contributed by atoms with van der Waals surface area (Å²) in [6.45, 7) is 1.34. The lowest BCUT2D eigenvalue weighted by molar-refractivity contribution is -0.144. The molecule has 7 heteroatoms. The number of halogens is 2. The average Bonchev–Trinajstić information content (AvgIpc) is 2.54. The molecule has 25 heavy (non-hydrogen) atoms. The third-order valence-electron chi connectivity index (χ3n) is 3.61. The number of hydrogen-bond acceptors (Lipinski definition) is 4. The van der Waals surface area contributed by atoms with E-state index in [1.807, 2.05) is 0 Å². The van der Waals surface area contributed by atoms with Crippen molar-refractivity contribution in [1.82, 2.24) is 0 Å². The predicted octanol–water partition coefficient (Wildman–Crippen LogP) is 3.59. The van der Waals surface area contributed by atoms with Crippen LogP contribution in [-0.2, 0) is 4.79 Å². The Balaban J connectivity index is 2.19. The maximum Gasteiger partial charge on any atom is 0.344 e. The minimum atomic E-state index is -1.16. The maximum atomic E-state index is 14.1. The van der Waals surface area contributed by atoms with Crippen LogP contribution in [0.2, 0.25) is 0 Å². The molecule has 0 spiro atoms. The molecule has 0 saturated heterocycles. The molecule has 1 N–H and O–H groups in total. The summed E-state index contributed by atoms with van der Waals surface area (Å²) in [7, 11) is 0. The Bertz CT molecular complexity index is 1010. The van der Waals surface area contributed by atoms with Gasteiger partial charge in [-0.25, -0.2) is 18.4 Å². The van der Waals surface area contributed by atoms with Crippen LogP contribution in [0.1, 0.15) is 6.92 Å². The molecule has 3 rings (SSSR count). The van der Waals surface area contributed by atoms with E-state index in [1.165, 1.54) is 31.2 Å². The van der Waals surface area contributed by atoms with Crippen molar-refractivity contribution in [3.63, 3.8) is 0 Å². The van der Waals surface area contributed by atoms with Crippen LogP contribution in [0.15, 0.2) is 51.7 Å². The number of hydrogen-bond donors (Lipinski definition) is 1. The summed E-state index contributed by atoms with van der Waals surface area (Å²) in [5, 5.41) is 9.16. The van der Waals surface area contributed by atoms with E-state index in [4.69, 9.17) is 14.3 Å². The van der Waals surface area contributed by atoms with E-state index in [9.17, 15) is 18.4 Å². The number of benzene rings is 2. The number of ether oxygens (including phenoxy) is 1. The van der Waals surface area contributed by atoms with Gasteiger partial charge in [-0.1, -0.05) is 6.07 Å². The average molecular weight is 346 g/mol. The first kappa shape index (κ1) is 16.6. The zero-order valence-electron chi connectivity index (χ0n) is 13.0. The number of rotatable bonds is 4. The van der Waals surface area contributed by atoms with Gasteiger partial charge in [-0.15, -0.1) is 0 Å². The molecular formula is C18H12F2O5. The van der Waals surface area contributed by atoms with Crippen LogP contribution in [0.4, 0.5) is 8.78 Å². The van der Waals surface area contributed by atoms with Gasteiger partial charge in [0.1, 0.15) is 23.0 Å². The summed E-state index contributed by atoms with van der Waals surface area (Å²) in [6, 6.07) is 8.59. The predicted molar refractivity (Wildman–Crippen MR) is 85.6 cm³/mol. The molecule has 1 atom stereocenters. The molecule has 0 fully saturated rings. The zero-order valence-corrected chi connectivity index (χ0v) is 13.0. The molecule has 1 heterocycles. The molecule has 0 aliphatic carbocycles. The number of carboxylic acids is 1. The van der Waals surface area contributed by atoms with Crippen LogP contribution in [0.25, 0.3) is 22.1 Å². The summed E-state index contributed by atoms with van der Waals surface area (Å²) in [5.74, 6) is -2.64. The van der Waals surface area contributed by atoms with Crippen LogP contribution < -0.4 is 10.4 Å². The molecule has 5 nitrogen and oxygen atoms in total. The van der Waals surface area contributed by atoms with Crippen molar-refractivity contribution < 1.29 is 27.8 Å². The summed E-state index contributed by atoms with van der Waals surface area (Å²) in [5.41, 5.74) is -1.07. The smallest absolute Gasteiger partial charge is 0.344 e. The largest absolute Gasteiger partial charge is 0.479 e. The molecule has 128 valence electrons. The van der Waals surface area contributed by atoms with Gasteiger partial charge in [-0.3, -0.25) is 0 Å². The third kappa shape index (κ3) is 3.21. The molecule has 1 unspecified atom stereocenters. The first-order valence-corrected chi connectivity index (χ1v) is 7.28. The van der Waals surface area contributed by atoms with Crippen molar-refractivity contribution >= 4 is 16.9 Å². The van der Waals surface area contributed by atoms with Crippen LogP contribution in [0.3, 0.4) is 0 Å². The fourth-order valence-electron chi connectivity index (χ4n) is 2.43. The molecule has 0 aliphatic heterocycles. The van der Waals surface area contributed by atoms with Crippen LogP contribution in [0, 0.1) is 11.6 Å². The van der Waals surface area contributed by atoms with Gasteiger partial charge in [0, 0.05) is 23.1 Å². The quantitative estimate of drug-likeness (QED) is 0.731. The van der Waals surface area contributed by atoms with Crippen LogP contribution >= 0.6 is 0 Å². The van der Waals surface area contributed by atoms with E-state index in [2.05, 4.69) is 0 Å². The Kier molecular flexibility index (Phi) is 4.22. The molecule has 0 aliphatic rings. The highest BCUT2D eigenvalue weighted by molar-refractivity contribution is 5.94. The molecule has 2 aromatic carbocycles. The molecular weight excluding hydrogens is 334 g/mol. The zero-order chi connectivity index (χ0) is 18.1. The summed E-state index contributed by atoms with van der Waals surface area (Å²) < 4.78 is 38.4. The number of carboxylic acid groups (broad SMARTS) is 1.